The molecule has 1 N–H and O–H groups in total. The number of nitrogens with one attached hydrogen (secondary N) is 1. The highest BCUT2D eigenvalue weighted by molar-refractivity contribution is 7.89. The SMILES string of the molecule is CCN1CCc2c(sc(NC(=O)c3ccc(S(=O)(=O)N4CCCC[C@H]4C)cc3)c2-c2nc3ccccc3s2)C1. The van der Waals surface area contributed by atoms with Crippen LogP contribution in [0.1, 0.15) is 53.9 Å². The van der Waals surface area contributed by atoms with Gasteiger partial charge in [-0.25, -0.2) is 13.4 Å². The maximum atomic E-state index is 13.4. The Bertz CT molecular complexity index is 1590. The molecule has 0 aliphatic carbocycles. The summed E-state index contributed by atoms with van der Waals surface area (Å²) in [5.74, 6) is -0.251. The Morgan fingerprint density at radius 1 is 1.08 bits per heavy atom. The standard InChI is InChI=1S/C29H32N4O3S3/c1-3-32-17-15-22-25(18-32)38-29(26(22)28-30-23-9-4-5-10-24(23)37-28)31-27(34)20-11-13-21(14-12-20)39(35,36)33-16-7-6-8-19(33)2/h4-5,9-14,19H,3,6-8,15-18H2,1-2H3,(H,31,34)/t19-/m1/s1. The van der Waals surface area contributed by atoms with Gasteiger partial charge in [0.1, 0.15) is 10.0 Å². The van der Waals surface area contributed by atoms with Crippen LogP contribution in [0.25, 0.3) is 20.8 Å². The second-order valence-corrected chi connectivity index (χ2v) is 14.3. The lowest BCUT2D eigenvalue weighted by Gasteiger charge is -2.32. The maximum Gasteiger partial charge on any atom is 0.256 e. The van der Waals surface area contributed by atoms with E-state index in [-0.39, 0.29) is 16.8 Å². The van der Waals surface area contributed by atoms with E-state index in [2.05, 4.69) is 23.2 Å². The molecule has 1 atom stereocenters. The van der Waals surface area contributed by atoms with Crippen molar-refractivity contribution >= 4 is 53.8 Å². The largest absolute Gasteiger partial charge is 0.313 e. The summed E-state index contributed by atoms with van der Waals surface area (Å²) in [5.41, 5.74) is 3.69. The molecule has 2 aromatic carbocycles. The minimum absolute atomic E-state index is 0.0128. The van der Waals surface area contributed by atoms with Crippen molar-refractivity contribution in [2.75, 3.05) is 25.0 Å². The number of aromatic nitrogens is 1. The third-order valence-electron chi connectivity index (χ3n) is 7.78. The van der Waals surface area contributed by atoms with Crippen LogP contribution in [0.3, 0.4) is 0 Å². The van der Waals surface area contributed by atoms with E-state index in [1.807, 2.05) is 25.1 Å². The number of thiazole rings is 1. The molecule has 1 amide bonds. The number of thiophene rings is 1. The summed E-state index contributed by atoms with van der Waals surface area (Å²) in [4.78, 5) is 22.3. The third-order valence-corrected chi connectivity index (χ3v) is 12.0. The molecular weight excluding hydrogens is 549 g/mol. The molecule has 2 aliphatic heterocycles. The minimum Gasteiger partial charge on any atom is -0.313 e. The van der Waals surface area contributed by atoms with Crippen LogP contribution < -0.4 is 5.32 Å². The van der Waals surface area contributed by atoms with Gasteiger partial charge in [-0.15, -0.1) is 22.7 Å². The van der Waals surface area contributed by atoms with Crippen LogP contribution in [0.15, 0.2) is 53.4 Å². The second-order valence-electron chi connectivity index (χ2n) is 10.3. The zero-order chi connectivity index (χ0) is 27.1. The molecule has 4 heterocycles. The van der Waals surface area contributed by atoms with Crippen molar-refractivity contribution < 1.29 is 13.2 Å². The summed E-state index contributed by atoms with van der Waals surface area (Å²) < 4.78 is 29.2. The molecule has 2 aliphatic rings. The number of carbonyl (C=O) groups excluding carboxylic acids is 1. The molecule has 0 radical (unpaired) electrons. The lowest BCUT2D eigenvalue weighted by molar-refractivity contribution is 0.102. The Hall–Kier alpha value is -2.63. The fourth-order valence-corrected chi connectivity index (χ4v) is 9.63. The molecule has 7 nitrogen and oxygen atoms in total. The van der Waals surface area contributed by atoms with Crippen molar-refractivity contribution in [3.63, 3.8) is 0 Å². The number of likely N-dealkylation sites (N-methyl/N-ethyl adjacent to an activating group) is 1. The average Bonchev–Trinajstić information content (AvgIpc) is 3.53. The number of anilines is 1. The van der Waals surface area contributed by atoms with Gasteiger partial charge < -0.3 is 5.32 Å². The monoisotopic (exact) mass is 580 g/mol. The first kappa shape index (κ1) is 26.6. The lowest BCUT2D eigenvalue weighted by atomic mass is 10.0. The first-order chi connectivity index (χ1) is 18.8. The molecule has 1 fully saturated rings. The molecule has 10 heteroatoms. The normalized spacial score (nSPS) is 18.8. The minimum atomic E-state index is -3.59. The van der Waals surface area contributed by atoms with E-state index in [4.69, 9.17) is 4.98 Å². The molecule has 39 heavy (non-hydrogen) atoms. The summed E-state index contributed by atoms with van der Waals surface area (Å²) in [6.45, 7) is 7.51. The van der Waals surface area contributed by atoms with Gasteiger partial charge in [0.25, 0.3) is 5.91 Å². The number of piperidine rings is 1. The summed E-state index contributed by atoms with van der Waals surface area (Å²) >= 11 is 3.27. The Balaban J connectivity index is 1.30. The Labute approximate surface area is 237 Å². The van der Waals surface area contributed by atoms with Gasteiger partial charge in [-0.05, 0) is 74.7 Å². The smallest absolute Gasteiger partial charge is 0.256 e. The van der Waals surface area contributed by atoms with Crippen LogP contribution in [-0.4, -0.2) is 54.2 Å². The quantitative estimate of drug-likeness (QED) is 0.293. The number of hydrogen-bond donors (Lipinski definition) is 1. The summed E-state index contributed by atoms with van der Waals surface area (Å²) in [6, 6.07) is 14.4. The van der Waals surface area contributed by atoms with E-state index in [1.54, 1.807) is 51.2 Å². The van der Waals surface area contributed by atoms with Gasteiger partial charge in [0.2, 0.25) is 10.0 Å². The van der Waals surface area contributed by atoms with Gasteiger partial charge in [-0.1, -0.05) is 25.5 Å². The topological polar surface area (TPSA) is 82.6 Å². The van der Waals surface area contributed by atoms with E-state index >= 15 is 0 Å². The highest BCUT2D eigenvalue weighted by Gasteiger charge is 2.31. The summed E-state index contributed by atoms with van der Waals surface area (Å²) in [7, 11) is -3.59. The predicted octanol–water partition coefficient (Wildman–Crippen LogP) is 6.22. The zero-order valence-electron chi connectivity index (χ0n) is 22.1. The summed E-state index contributed by atoms with van der Waals surface area (Å²) in [5, 5.41) is 4.88. The van der Waals surface area contributed by atoms with Gasteiger partial charge >= 0.3 is 0 Å². The van der Waals surface area contributed by atoms with Gasteiger partial charge in [0.05, 0.1) is 15.1 Å². The van der Waals surface area contributed by atoms with Crippen LogP contribution in [0, 0.1) is 0 Å². The molecular formula is C29H32N4O3S3. The van der Waals surface area contributed by atoms with E-state index < -0.39 is 10.0 Å². The lowest BCUT2D eigenvalue weighted by Crippen LogP contribution is -2.41. The van der Waals surface area contributed by atoms with Gasteiger partial charge in [0.15, 0.2) is 0 Å². The van der Waals surface area contributed by atoms with Crippen LogP contribution in [0.4, 0.5) is 5.00 Å². The van der Waals surface area contributed by atoms with E-state index in [1.165, 1.54) is 10.4 Å². The van der Waals surface area contributed by atoms with Crippen molar-refractivity contribution in [1.29, 1.82) is 0 Å². The average molecular weight is 581 g/mol. The number of sulfonamides is 1. The van der Waals surface area contributed by atoms with Crippen molar-refractivity contribution in [1.82, 2.24) is 14.2 Å². The molecule has 0 bridgehead atoms. The van der Waals surface area contributed by atoms with Crippen molar-refractivity contribution in [3.05, 3.63) is 64.5 Å². The van der Waals surface area contributed by atoms with E-state index in [0.29, 0.717) is 12.1 Å². The highest BCUT2D eigenvalue weighted by Crippen LogP contribution is 2.45. The summed E-state index contributed by atoms with van der Waals surface area (Å²) in [6.07, 6.45) is 3.72. The Kier molecular flexibility index (Phi) is 7.32. The van der Waals surface area contributed by atoms with Crippen molar-refractivity contribution in [3.8, 4) is 10.6 Å². The van der Waals surface area contributed by atoms with Gasteiger partial charge in [-0.2, -0.15) is 4.31 Å². The highest BCUT2D eigenvalue weighted by atomic mass is 32.2. The molecule has 1 saturated heterocycles. The number of carbonyl (C=O) groups is 1. The number of fused-ring (bicyclic) bond motifs is 2. The molecule has 204 valence electrons. The van der Waals surface area contributed by atoms with Crippen LogP contribution in [-0.2, 0) is 23.0 Å². The number of hydrogen-bond acceptors (Lipinski definition) is 7. The van der Waals surface area contributed by atoms with E-state index in [9.17, 15) is 13.2 Å². The number of amides is 1. The fraction of sp³-hybridized carbons (Fsp3) is 0.379. The molecule has 6 rings (SSSR count). The Morgan fingerprint density at radius 3 is 2.62 bits per heavy atom. The number of benzene rings is 2. The molecule has 0 spiro atoms. The molecule has 0 saturated carbocycles. The second kappa shape index (κ2) is 10.7. The van der Waals surface area contributed by atoms with Crippen molar-refractivity contribution in [2.45, 2.75) is 57.0 Å². The maximum absolute atomic E-state index is 13.4. The third kappa shape index (κ3) is 5.04. The molecule has 2 aromatic heterocycles. The van der Waals surface area contributed by atoms with Crippen LogP contribution >= 0.6 is 22.7 Å². The van der Waals surface area contributed by atoms with Crippen LogP contribution in [0.2, 0.25) is 0 Å². The first-order valence-electron chi connectivity index (χ1n) is 13.5. The zero-order valence-corrected chi connectivity index (χ0v) is 24.6. The first-order valence-corrected chi connectivity index (χ1v) is 16.6. The van der Waals surface area contributed by atoms with Crippen LogP contribution in [0.5, 0.6) is 0 Å². The van der Waals surface area contributed by atoms with Crippen molar-refractivity contribution in [2.24, 2.45) is 0 Å². The number of para-hydroxylation sites is 1. The van der Waals surface area contributed by atoms with E-state index in [0.717, 1.165) is 71.1 Å². The Morgan fingerprint density at radius 2 is 1.87 bits per heavy atom. The van der Waals surface area contributed by atoms with Gasteiger partial charge in [-0.3, -0.25) is 9.69 Å². The fourth-order valence-electron chi connectivity index (χ4n) is 5.54. The molecule has 4 aromatic rings. The van der Waals surface area contributed by atoms with Gasteiger partial charge in [0, 0.05) is 41.7 Å². The number of nitrogens with zero attached hydrogens (tertiary/aromatic N) is 3. The predicted molar refractivity (Wildman–Crippen MR) is 159 cm³/mol. The number of rotatable bonds is 6. The molecule has 0 unspecified atom stereocenters.